The second-order valence-corrected chi connectivity index (χ2v) is 4.23. The van der Waals surface area contributed by atoms with Gasteiger partial charge in [0.15, 0.2) is 0 Å². The quantitative estimate of drug-likeness (QED) is 0.629. The van der Waals surface area contributed by atoms with Crippen LogP contribution in [0.15, 0.2) is 0 Å². The number of carbonyl (C=O) groups excluding carboxylic acids is 2. The Bertz CT molecular complexity index is 252. The van der Waals surface area contributed by atoms with Crippen LogP contribution in [0.5, 0.6) is 0 Å². The van der Waals surface area contributed by atoms with Crippen molar-refractivity contribution in [1.29, 1.82) is 0 Å². The third kappa shape index (κ3) is 5.11. The predicted molar refractivity (Wildman–Crippen MR) is 62.0 cm³/mol. The number of nitrogens with zero attached hydrogens (tertiary/aromatic N) is 1. The number of nitrogens with one attached hydrogen (secondary N) is 2. The Hall–Kier alpha value is -1.10. The topological polar surface area (TPSA) is 61.4 Å². The SMILES string of the molecule is CCCN(CC(=O)NC)CC(=O)NC1CC1. The zero-order chi connectivity index (χ0) is 12.0. The van der Waals surface area contributed by atoms with Gasteiger partial charge in [0.05, 0.1) is 13.1 Å². The first kappa shape index (κ1) is 13.0. The molecule has 16 heavy (non-hydrogen) atoms. The molecule has 0 aromatic carbocycles. The maximum absolute atomic E-state index is 11.6. The molecule has 1 saturated carbocycles. The van der Waals surface area contributed by atoms with Crippen molar-refractivity contribution in [3.8, 4) is 0 Å². The molecule has 2 N–H and O–H groups in total. The summed E-state index contributed by atoms with van der Waals surface area (Å²) >= 11 is 0. The van der Waals surface area contributed by atoms with Crippen LogP contribution < -0.4 is 10.6 Å². The van der Waals surface area contributed by atoms with Crippen LogP contribution in [0, 0.1) is 0 Å². The number of carbonyl (C=O) groups is 2. The van der Waals surface area contributed by atoms with Gasteiger partial charge in [-0.05, 0) is 25.8 Å². The van der Waals surface area contributed by atoms with Gasteiger partial charge in [-0.25, -0.2) is 0 Å². The van der Waals surface area contributed by atoms with Crippen molar-refractivity contribution in [3.63, 3.8) is 0 Å². The minimum Gasteiger partial charge on any atom is -0.358 e. The average molecular weight is 227 g/mol. The Morgan fingerprint density at radius 2 is 1.88 bits per heavy atom. The molecule has 0 unspecified atom stereocenters. The van der Waals surface area contributed by atoms with E-state index in [1.807, 2.05) is 11.8 Å². The lowest BCUT2D eigenvalue weighted by atomic mass is 10.3. The average Bonchev–Trinajstić information content (AvgIpc) is 3.01. The highest BCUT2D eigenvalue weighted by atomic mass is 16.2. The zero-order valence-electron chi connectivity index (χ0n) is 10.1. The molecule has 0 saturated heterocycles. The Balaban J connectivity index is 2.29. The fraction of sp³-hybridized carbons (Fsp3) is 0.818. The van der Waals surface area contributed by atoms with Gasteiger partial charge in [-0.15, -0.1) is 0 Å². The van der Waals surface area contributed by atoms with E-state index in [4.69, 9.17) is 0 Å². The van der Waals surface area contributed by atoms with E-state index in [0.717, 1.165) is 25.8 Å². The molecule has 5 heteroatoms. The number of likely N-dealkylation sites (N-methyl/N-ethyl adjacent to an activating group) is 1. The minimum absolute atomic E-state index is 0.0276. The largest absolute Gasteiger partial charge is 0.358 e. The fourth-order valence-electron chi connectivity index (χ4n) is 1.52. The highest BCUT2D eigenvalue weighted by molar-refractivity contribution is 5.81. The Labute approximate surface area is 96.6 Å². The molecule has 0 heterocycles. The lowest BCUT2D eigenvalue weighted by Crippen LogP contribution is -2.43. The van der Waals surface area contributed by atoms with Crippen LogP contribution >= 0.6 is 0 Å². The Kier molecular flexibility index (Phi) is 5.25. The predicted octanol–water partition coefficient (Wildman–Crippen LogP) is -0.277. The molecular weight excluding hydrogens is 206 g/mol. The fourth-order valence-corrected chi connectivity index (χ4v) is 1.52. The van der Waals surface area contributed by atoms with Crippen LogP contribution in [-0.4, -0.2) is 49.4 Å². The van der Waals surface area contributed by atoms with Gasteiger partial charge in [0.1, 0.15) is 0 Å². The molecule has 92 valence electrons. The molecule has 0 bridgehead atoms. The van der Waals surface area contributed by atoms with E-state index in [1.54, 1.807) is 7.05 Å². The van der Waals surface area contributed by atoms with Crippen LogP contribution in [0.25, 0.3) is 0 Å². The monoisotopic (exact) mass is 227 g/mol. The summed E-state index contributed by atoms with van der Waals surface area (Å²) in [5, 5.41) is 5.49. The second-order valence-electron chi connectivity index (χ2n) is 4.23. The number of rotatable bonds is 7. The lowest BCUT2D eigenvalue weighted by Gasteiger charge is -2.19. The van der Waals surface area contributed by atoms with Crippen LogP contribution in [0.1, 0.15) is 26.2 Å². The van der Waals surface area contributed by atoms with E-state index in [-0.39, 0.29) is 11.8 Å². The molecule has 1 aliphatic rings. The summed E-state index contributed by atoms with van der Waals surface area (Å²) < 4.78 is 0. The second kappa shape index (κ2) is 6.48. The summed E-state index contributed by atoms with van der Waals surface area (Å²) in [6, 6.07) is 0.385. The minimum atomic E-state index is -0.0485. The summed E-state index contributed by atoms with van der Waals surface area (Å²) in [4.78, 5) is 24.7. The highest BCUT2D eigenvalue weighted by Gasteiger charge is 2.24. The highest BCUT2D eigenvalue weighted by Crippen LogP contribution is 2.18. The summed E-state index contributed by atoms with van der Waals surface area (Å²) in [5.74, 6) is -0.0208. The summed E-state index contributed by atoms with van der Waals surface area (Å²) in [6.45, 7) is 3.42. The lowest BCUT2D eigenvalue weighted by molar-refractivity contribution is -0.125. The molecule has 1 fully saturated rings. The van der Waals surface area contributed by atoms with Gasteiger partial charge in [0, 0.05) is 13.1 Å². The molecule has 2 amide bonds. The van der Waals surface area contributed by atoms with Gasteiger partial charge in [0.25, 0.3) is 0 Å². The van der Waals surface area contributed by atoms with Gasteiger partial charge >= 0.3 is 0 Å². The summed E-state index contributed by atoms with van der Waals surface area (Å²) in [7, 11) is 1.61. The first-order chi connectivity index (χ1) is 7.65. The standard InChI is InChI=1S/C11H21N3O2/c1-3-6-14(7-10(15)12-2)8-11(16)13-9-4-5-9/h9H,3-8H2,1-2H3,(H,12,15)(H,13,16). The number of amides is 2. The van der Waals surface area contributed by atoms with E-state index < -0.39 is 0 Å². The van der Waals surface area contributed by atoms with Crippen molar-refractivity contribution in [1.82, 2.24) is 15.5 Å². The first-order valence-corrected chi connectivity index (χ1v) is 5.88. The molecule has 5 nitrogen and oxygen atoms in total. The van der Waals surface area contributed by atoms with Crippen molar-refractivity contribution in [2.24, 2.45) is 0 Å². The van der Waals surface area contributed by atoms with Crippen LogP contribution in [0.2, 0.25) is 0 Å². The van der Waals surface area contributed by atoms with E-state index >= 15 is 0 Å². The van der Waals surface area contributed by atoms with E-state index in [1.165, 1.54) is 0 Å². The van der Waals surface area contributed by atoms with E-state index in [9.17, 15) is 9.59 Å². The van der Waals surface area contributed by atoms with Gasteiger partial charge in [-0.2, -0.15) is 0 Å². The maximum Gasteiger partial charge on any atom is 0.234 e. The number of hydrogen-bond donors (Lipinski definition) is 2. The molecule has 0 radical (unpaired) electrons. The van der Waals surface area contributed by atoms with Crippen molar-refractivity contribution in [3.05, 3.63) is 0 Å². The molecule has 0 atom stereocenters. The van der Waals surface area contributed by atoms with Gasteiger partial charge < -0.3 is 10.6 Å². The van der Waals surface area contributed by atoms with Crippen LogP contribution in [-0.2, 0) is 9.59 Å². The van der Waals surface area contributed by atoms with E-state index in [0.29, 0.717) is 19.1 Å². The molecule has 0 spiro atoms. The molecule has 0 aliphatic heterocycles. The van der Waals surface area contributed by atoms with Crippen molar-refractivity contribution < 1.29 is 9.59 Å². The molecule has 0 aromatic heterocycles. The summed E-state index contributed by atoms with van der Waals surface area (Å²) in [5.41, 5.74) is 0. The van der Waals surface area contributed by atoms with Gasteiger partial charge in [-0.1, -0.05) is 6.92 Å². The van der Waals surface area contributed by atoms with Crippen molar-refractivity contribution in [2.75, 3.05) is 26.7 Å². The zero-order valence-corrected chi connectivity index (χ0v) is 10.1. The van der Waals surface area contributed by atoms with Crippen molar-refractivity contribution in [2.45, 2.75) is 32.2 Å². The number of hydrogen-bond acceptors (Lipinski definition) is 3. The van der Waals surface area contributed by atoms with Gasteiger partial charge in [0.2, 0.25) is 11.8 Å². The third-order valence-electron chi connectivity index (χ3n) is 2.50. The Morgan fingerprint density at radius 1 is 1.25 bits per heavy atom. The maximum atomic E-state index is 11.6. The smallest absolute Gasteiger partial charge is 0.234 e. The Morgan fingerprint density at radius 3 is 2.38 bits per heavy atom. The van der Waals surface area contributed by atoms with Crippen molar-refractivity contribution >= 4 is 11.8 Å². The molecule has 1 aliphatic carbocycles. The third-order valence-corrected chi connectivity index (χ3v) is 2.50. The van der Waals surface area contributed by atoms with Gasteiger partial charge in [-0.3, -0.25) is 14.5 Å². The normalized spacial score (nSPS) is 14.9. The first-order valence-electron chi connectivity index (χ1n) is 5.88. The van der Waals surface area contributed by atoms with Crippen LogP contribution in [0.3, 0.4) is 0 Å². The molecule has 0 aromatic rings. The summed E-state index contributed by atoms with van der Waals surface area (Å²) in [6.07, 6.45) is 3.12. The van der Waals surface area contributed by atoms with Crippen LogP contribution in [0.4, 0.5) is 0 Å². The molecule has 1 rings (SSSR count). The van der Waals surface area contributed by atoms with E-state index in [2.05, 4.69) is 10.6 Å². The molecular formula is C11H21N3O2.